The summed E-state index contributed by atoms with van der Waals surface area (Å²) >= 11 is 0. The fraction of sp³-hybridized carbons (Fsp3) is 0.944. The summed E-state index contributed by atoms with van der Waals surface area (Å²) in [6.45, 7) is 11.6. The first-order valence-electron chi connectivity index (χ1n) is 10.6. The molecule has 0 radical (unpaired) electrons. The number of carboxylic acids is 1. The van der Waals surface area contributed by atoms with Gasteiger partial charge in [-0.2, -0.15) is 0 Å². The van der Waals surface area contributed by atoms with E-state index >= 15 is 0 Å². The van der Waals surface area contributed by atoms with E-state index in [1.807, 2.05) is 0 Å². The smallest absolute Gasteiger partial charge is 0.466 e. The molecule has 0 fully saturated rings. The van der Waals surface area contributed by atoms with Crippen LogP contribution in [-0.2, 0) is 9.36 Å². The number of aliphatic carboxylic acids is 1. The summed E-state index contributed by atoms with van der Waals surface area (Å²) in [6.07, 6.45) is 5.95. The fourth-order valence-electron chi connectivity index (χ4n) is 2.12. The Bertz CT molecular complexity index is 381. The van der Waals surface area contributed by atoms with Crippen LogP contribution in [0.4, 0.5) is 0 Å². The van der Waals surface area contributed by atoms with Crippen molar-refractivity contribution in [2.45, 2.75) is 52.4 Å². The Hall–Kier alpha value is -0.620. The topological polar surface area (TPSA) is 203 Å². The molecule has 11 nitrogen and oxygen atoms in total. The number of phosphoric acid groups is 1. The SMILES string of the molecule is CC(C)CCCCCCC(=O)O.NCCNCCNCCNCCN.O=P(O)(O)O. The number of unbranched alkanes of at least 4 members (excludes halogenated alkanes) is 3. The Kier molecular flexibility index (Phi) is 29.9. The molecule has 0 unspecified atom stereocenters. The second kappa shape index (κ2) is 26.4. The van der Waals surface area contributed by atoms with Crippen molar-refractivity contribution in [2.24, 2.45) is 17.4 Å². The summed E-state index contributed by atoms with van der Waals surface area (Å²) in [7, 11) is -4.64. The molecule has 0 amide bonds. The highest BCUT2D eigenvalue weighted by molar-refractivity contribution is 7.45. The molecule has 0 aromatic rings. The minimum atomic E-state index is -4.64. The predicted octanol–water partition coefficient (Wildman–Crippen LogP) is -0.188. The monoisotopic (exact) mass is 459 g/mol. The average molecular weight is 460 g/mol. The van der Waals surface area contributed by atoms with Crippen molar-refractivity contribution in [3.8, 4) is 0 Å². The number of carbonyl (C=O) groups is 1. The third-order valence-corrected chi connectivity index (χ3v) is 3.52. The molecule has 0 aliphatic carbocycles. The summed E-state index contributed by atoms with van der Waals surface area (Å²) < 4.78 is 8.88. The highest BCUT2D eigenvalue weighted by atomic mass is 31.2. The summed E-state index contributed by atoms with van der Waals surface area (Å²) in [4.78, 5) is 31.7. The maximum Gasteiger partial charge on any atom is 0.466 e. The molecule has 0 atom stereocenters. The van der Waals surface area contributed by atoms with Crippen LogP contribution in [0.1, 0.15) is 52.4 Å². The van der Waals surface area contributed by atoms with E-state index < -0.39 is 13.8 Å². The van der Waals surface area contributed by atoms with Crippen molar-refractivity contribution >= 4 is 13.8 Å². The lowest BCUT2D eigenvalue weighted by molar-refractivity contribution is -0.137. The van der Waals surface area contributed by atoms with Crippen LogP contribution >= 0.6 is 7.82 Å². The average Bonchev–Trinajstić information content (AvgIpc) is 2.62. The van der Waals surface area contributed by atoms with E-state index in [1.54, 1.807) is 0 Å². The third kappa shape index (κ3) is 56.4. The van der Waals surface area contributed by atoms with Gasteiger partial charge in [0.05, 0.1) is 0 Å². The lowest BCUT2D eigenvalue weighted by Gasteiger charge is -2.06. The van der Waals surface area contributed by atoms with E-state index in [1.165, 1.54) is 19.3 Å². The van der Waals surface area contributed by atoms with E-state index in [0.29, 0.717) is 19.5 Å². The van der Waals surface area contributed by atoms with Crippen LogP contribution < -0.4 is 27.4 Å². The summed E-state index contributed by atoms with van der Waals surface area (Å²) in [5.74, 6) is 0.114. The van der Waals surface area contributed by atoms with E-state index in [-0.39, 0.29) is 0 Å². The van der Waals surface area contributed by atoms with Crippen LogP contribution in [-0.4, -0.2) is 78.1 Å². The molecule has 0 aromatic carbocycles. The summed E-state index contributed by atoms with van der Waals surface area (Å²) in [5, 5.41) is 18.1. The second-order valence-corrected chi connectivity index (χ2v) is 8.11. The van der Waals surface area contributed by atoms with Crippen LogP contribution in [0.25, 0.3) is 0 Å². The van der Waals surface area contributed by atoms with E-state index in [4.69, 9.17) is 35.8 Å². The minimum absolute atomic E-state index is 0.335. The standard InChI is InChI=1S/C10H20O2.C8H23N5.H3O4P/c1-9(2)7-5-3-4-6-8-10(11)12;9-1-3-11-5-7-13-8-6-12-4-2-10;1-5(2,3)4/h9H,3-8H2,1-2H3,(H,11,12);11-13H,1-10H2;(H3,1,2,3,4). The number of nitrogens with one attached hydrogen (secondary N) is 3. The summed E-state index contributed by atoms with van der Waals surface area (Å²) in [5.41, 5.74) is 10.6. The largest absolute Gasteiger partial charge is 0.481 e. The quantitative estimate of drug-likeness (QED) is 0.103. The Balaban J connectivity index is -0.000000399. The van der Waals surface area contributed by atoms with Crippen molar-refractivity contribution < 1.29 is 29.1 Å². The molecule has 0 spiro atoms. The van der Waals surface area contributed by atoms with Gasteiger partial charge in [-0.25, -0.2) is 4.57 Å². The number of hydrogen-bond acceptors (Lipinski definition) is 7. The van der Waals surface area contributed by atoms with Crippen molar-refractivity contribution in [1.29, 1.82) is 0 Å². The van der Waals surface area contributed by atoms with Gasteiger partial charge in [0, 0.05) is 58.8 Å². The number of nitrogens with two attached hydrogens (primary N) is 2. The van der Waals surface area contributed by atoms with Crippen molar-refractivity contribution in [3.05, 3.63) is 0 Å². The van der Waals surface area contributed by atoms with E-state index in [0.717, 1.165) is 58.0 Å². The van der Waals surface area contributed by atoms with Crippen LogP contribution in [0.2, 0.25) is 0 Å². The first kappa shape index (κ1) is 34.0. The number of hydrogen-bond donors (Lipinski definition) is 9. The Morgan fingerprint density at radius 2 is 1.17 bits per heavy atom. The van der Waals surface area contributed by atoms with Gasteiger partial charge in [0.2, 0.25) is 0 Å². The third-order valence-electron chi connectivity index (χ3n) is 3.52. The molecule has 12 heteroatoms. The van der Waals surface area contributed by atoms with Crippen molar-refractivity contribution in [1.82, 2.24) is 16.0 Å². The Morgan fingerprint density at radius 3 is 1.50 bits per heavy atom. The van der Waals surface area contributed by atoms with Crippen LogP contribution in [0.3, 0.4) is 0 Å². The highest BCUT2D eigenvalue weighted by Crippen LogP contribution is 2.25. The van der Waals surface area contributed by atoms with Gasteiger partial charge >= 0.3 is 13.8 Å². The maximum atomic E-state index is 10.1. The van der Waals surface area contributed by atoms with Gasteiger partial charge in [0.1, 0.15) is 0 Å². The Morgan fingerprint density at radius 1 is 0.800 bits per heavy atom. The zero-order valence-electron chi connectivity index (χ0n) is 18.7. The molecule has 0 aliphatic heterocycles. The van der Waals surface area contributed by atoms with Gasteiger partial charge in [-0.1, -0.05) is 39.5 Å². The van der Waals surface area contributed by atoms with Crippen molar-refractivity contribution in [2.75, 3.05) is 52.4 Å². The molecule has 0 rings (SSSR count). The zero-order valence-corrected chi connectivity index (χ0v) is 19.6. The molecule has 0 heterocycles. The highest BCUT2D eigenvalue weighted by Gasteiger charge is 2.00. The van der Waals surface area contributed by atoms with Gasteiger partial charge in [0.15, 0.2) is 0 Å². The predicted molar refractivity (Wildman–Crippen MR) is 121 cm³/mol. The van der Waals surface area contributed by atoms with E-state index in [9.17, 15) is 4.79 Å². The molecule has 0 aromatic heterocycles. The van der Waals surface area contributed by atoms with Gasteiger partial charge < -0.3 is 47.2 Å². The molecule has 0 bridgehead atoms. The number of carboxylic acid groups (broad SMARTS) is 1. The van der Waals surface area contributed by atoms with Gasteiger partial charge in [-0.15, -0.1) is 0 Å². The van der Waals surface area contributed by atoms with Crippen LogP contribution in [0.5, 0.6) is 0 Å². The number of rotatable bonds is 17. The molecular weight excluding hydrogens is 413 g/mol. The molecule has 0 saturated carbocycles. The van der Waals surface area contributed by atoms with E-state index in [2.05, 4.69) is 29.8 Å². The van der Waals surface area contributed by atoms with Crippen LogP contribution in [0.15, 0.2) is 0 Å². The van der Waals surface area contributed by atoms with Gasteiger partial charge in [-0.05, 0) is 12.3 Å². The lowest BCUT2D eigenvalue weighted by Crippen LogP contribution is -2.35. The second-order valence-electron chi connectivity index (χ2n) is 7.08. The summed E-state index contributed by atoms with van der Waals surface area (Å²) in [6, 6.07) is 0. The first-order chi connectivity index (χ1) is 14.0. The van der Waals surface area contributed by atoms with Gasteiger partial charge in [-0.3, -0.25) is 4.79 Å². The van der Waals surface area contributed by atoms with Crippen LogP contribution in [0, 0.1) is 5.92 Å². The molecule has 0 saturated heterocycles. The molecule has 184 valence electrons. The zero-order chi connectivity index (χ0) is 23.7. The fourth-order valence-corrected chi connectivity index (χ4v) is 2.12. The first-order valence-corrected chi connectivity index (χ1v) is 12.1. The lowest BCUT2D eigenvalue weighted by atomic mass is 10.0. The molecule has 11 N–H and O–H groups in total. The molecule has 30 heavy (non-hydrogen) atoms. The molecular formula is C18H46N5O6P. The van der Waals surface area contributed by atoms with Crippen molar-refractivity contribution in [3.63, 3.8) is 0 Å². The Labute approximate surface area is 181 Å². The molecule has 0 aliphatic rings. The minimum Gasteiger partial charge on any atom is -0.481 e. The van der Waals surface area contributed by atoms with Gasteiger partial charge in [0.25, 0.3) is 0 Å². The normalized spacial score (nSPS) is 10.8. The maximum absolute atomic E-state index is 10.1.